The molecule has 2 N–H and O–H groups in total. The van der Waals surface area contributed by atoms with E-state index >= 15 is 0 Å². The van der Waals surface area contributed by atoms with Gasteiger partial charge in [-0.1, -0.05) is 12.1 Å². The van der Waals surface area contributed by atoms with Gasteiger partial charge in [-0.05, 0) is 17.7 Å². The number of nitrogen functional groups attached to an aromatic ring is 1. The molecule has 3 rings (SSSR count). The Morgan fingerprint density at radius 3 is 2.60 bits per heavy atom. The lowest BCUT2D eigenvalue weighted by atomic mass is 10.0. The largest absolute Gasteiger partial charge is 0.469 e. The third-order valence-electron chi connectivity index (χ3n) is 4.03. The summed E-state index contributed by atoms with van der Waals surface area (Å²) in [6, 6.07) is 7.33. The van der Waals surface area contributed by atoms with Gasteiger partial charge in [-0.2, -0.15) is 9.97 Å². The van der Waals surface area contributed by atoms with Crippen molar-refractivity contribution < 1.29 is 19.1 Å². The van der Waals surface area contributed by atoms with E-state index in [0.717, 1.165) is 11.3 Å². The Morgan fingerprint density at radius 1 is 1.24 bits per heavy atom. The van der Waals surface area contributed by atoms with Crippen molar-refractivity contribution in [2.75, 3.05) is 31.4 Å². The molecule has 0 aliphatic carbocycles. The Kier molecular flexibility index (Phi) is 4.51. The summed E-state index contributed by atoms with van der Waals surface area (Å²) in [6.45, 7) is 0.474. The first-order chi connectivity index (χ1) is 12.0. The number of esters is 1. The number of aromatic nitrogens is 2. The van der Waals surface area contributed by atoms with Crippen molar-refractivity contribution >= 4 is 23.4 Å². The molecule has 0 bridgehead atoms. The molecule has 8 nitrogen and oxygen atoms in total. The van der Waals surface area contributed by atoms with E-state index in [-0.39, 0.29) is 30.1 Å². The summed E-state index contributed by atoms with van der Waals surface area (Å²) in [4.78, 5) is 33.9. The predicted octanol–water partition coefficient (Wildman–Crippen LogP) is 0.986. The quantitative estimate of drug-likeness (QED) is 0.825. The Balaban J connectivity index is 1.85. The van der Waals surface area contributed by atoms with Crippen LogP contribution in [0.5, 0.6) is 6.01 Å². The van der Waals surface area contributed by atoms with Crippen molar-refractivity contribution in [2.45, 2.75) is 12.8 Å². The van der Waals surface area contributed by atoms with Crippen LogP contribution in [0.25, 0.3) is 0 Å². The van der Waals surface area contributed by atoms with Crippen LogP contribution in [0.15, 0.2) is 24.3 Å². The minimum Gasteiger partial charge on any atom is -0.469 e. The number of carbonyl (C=O) groups excluding carboxylic acids is 2. The number of carbonyl (C=O) groups is 2. The maximum atomic E-state index is 12.8. The molecule has 1 aromatic heterocycles. The van der Waals surface area contributed by atoms with E-state index < -0.39 is 0 Å². The number of nitrogens with zero attached hydrogens (tertiary/aromatic N) is 3. The number of hydrogen-bond acceptors (Lipinski definition) is 7. The lowest BCUT2D eigenvalue weighted by Crippen LogP contribution is -2.39. The number of benzene rings is 1. The summed E-state index contributed by atoms with van der Waals surface area (Å²) in [5, 5.41) is 0. The Morgan fingerprint density at radius 2 is 1.96 bits per heavy atom. The molecule has 25 heavy (non-hydrogen) atoms. The molecule has 1 aliphatic rings. The van der Waals surface area contributed by atoms with Crippen molar-refractivity contribution in [3.05, 3.63) is 41.1 Å². The molecule has 1 aliphatic heterocycles. The second-order valence-electron chi connectivity index (χ2n) is 5.54. The van der Waals surface area contributed by atoms with Crippen LogP contribution in [0.1, 0.15) is 21.6 Å². The van der Waals surface area contributed by atoms with Gasteiger partial charge >= 0.3 is 12.0 Å². The molecule has 0 unspecified atom stereocenters. The molecule has 2 heterocycles. The highest BCUT2D eigenvalue weighted by molar-refractivity contribution is 6.10. The lowest BCUT2D eigenvalue weighted by Gasteiger charge is -2.28. The number of fused-ring (bicyclic) bond motifs is 1. The van der Waals surface area contributed by atoms with Gasteiger partial charge in [-0.15, -0.1) is 0 Å². The standard InChI is InChI=1S/C17H18N4O4/c1-24-13(22)9-10-3-5-11(6-4-10)21-8-7-12-14(16(21)23)15(18)20-17(19-12)25-2/h3-6H,7-9H2,1-2H3,(H2,18,19,20). The first kappa shape index (κ1) is 16.7. The van der Waals surface area contributed by atoms with E-state index in [0.29, 0.717) is 24.2 Å². The van der Waals surface area contributed by atoms with Crippen molar-refractivity contribution in [1.29, 1.82) is 0 Å². The van der Waals surface area contributed by atoms with E-state index in [1.54, 1.807) is 29.2 Å². The molecule has 0 spiro atoms. The minimum absolute atomic E-state index is 0.110. The lowest BCUT2D eigenvalue weighted by molar-refractivity contribution is -0.139. The fourth-order valence-electron chi connectivity index (χ4n) is 2.74. The van der Waals surface area contributed by atoms with E-state index in [2.05, 4.69) is 14.7 Å². The molecular formula is C17H18N4O4. The highest BCUT2D eigenvalue weighted by Crippen LogP contribution is 2.27. The maximum absolute atomic E-state index is 12.8. The van der Waals surface area contributed by atoms with E-state index in [4.69, 9.17) is 10.5 Å². The molecule has 0 fully saturated rings. The number of anilines is 2. The second-order valence-corrected chi connectivity index (χ2v) is 5.54. The van der Waals surface area contributed by atoms with Crippen LogP contribution in [0, 0.1) is 0 Å². The van der Waals surface area contributed by atoms with Gasteiger partial charge in [0.1, 0.15) is 11.4 Å². The molecule has 130 valence electrons. The van der Waals surface area contributed by atoms with Crippen molar-refractivity contribution in [1.82, 2.24) is 9.97 Å². The van der Waals surface area contributed by atoms with E-state index in [1.165, 1.54) is 14.2 Å². The molecule has 8 heteroatoms. The Bertz CT molecular complexity index is 820. The monoisotopic (exact) mass is 342 g/mol. The number of nitrogens with two attached hydrogens (primary N) is 1. The third-order valence-corrected chi connectivity index (χ3v) is 4.03. The van der Waals surface area contributed by atoms with Crippen LogP contribution in [0.3, 0.4) is 0 Å². The third kappa shape index (κ3) is 3.23. The van der Waals surface area contributed by atoms with Gasteiger partial charge in [0, 0.05) is 18.7 Å². The Labute approximate surface area is 144 Å². The Hall–Kier alpha value is -3.16. The molecule has 2 aromatic rings. The molecule has 0 atom stereocenters. The SMILES string of the molecule is COC(=O)Cc1ccc(N2CCc3nc(OC)nc(N)c3C2=O)cc1. The predicted molar refractivity (Wildman–Crippen MR) is 90.5 cm³/mol. The topological polar surface area (TPSA) is 108 Å². The first-order valence-electron chi connectivity index (χ1n) is 7.71. The fraction of sp³-hybridized carbons (Fsp3) is 0.294. The van der Waals surface area contributed by atoms with Crippen molar-refractivity contribution in [3.63, 3.8) is 0 Å². The zero-order chi connectivity index (χ0) is 18.0. The summed E-state index contributed by atoms with van der Waals surface area (Å²) < 4.78 is 9.64. The normalized spacial score (nSPS) is 13.4. The zero-order valence-corrected chi connectivity index (χ0v) is 14.0. The van der Waals surface area contributed by atoms with Gasteiger partial charge in [0.2, 0.25) is 0 Å². The highest BCUT2D eigenvalue weighted by Gasteiger charge is 2.30. The average Bonchev–Trinajstić information content (AvgIpc) is 2.62. The van der Waals surface area contributed by atoms with E-state index in [9.17, 15) is 9.59 Å². The molecule has 0 saturated carbocycles. The average molecular weight is 342 g/mol. The minimum atomic E-state index is -0.311. The van der Waals surface area contributed by atoms with Gasteiger partial charge < -0.3 is 20.1 Å². The van der Waals surface area contributed by atoms with Gasteiger partial charge in [0.05, 0.1) is 26.3 Å². The number of ether oxygens (including phenoxy) is 2. The van der Waals surface area contributed by atoms with E-state index in [1.807, 2.05) is 0 Å². The summed E-state index contributed by atoms with van der Waals surface area (Å²) in [5.74, 6) is -0.449. The smallest absolute Gasteiger partial charge is 0.318 e. The van der Waals surface area contributed by atoms with Gasteiger partial charge in [0.15, 0.2) is 0 Å². The molecule has 0 radical (unpaired) electrons. The maximum Gasteiger partial charge on any atom is 0.318 e. The first-order valence-corrected chi connectivity index (χ1v) is 7.71. The van der Waals surface area contributed by atoms with Crippen LogP contribution in [0.4, 0.5) is 11.5 Å². The zero-order valence-electron chi connectivity index (χ0n) is 14.0. The van der Waals surface area contributed by atoms with Gasteiger partial charge in [-0.3, -0.25) is 9.59 Å². The van der Waals surface area contributed by atoms with Crippen LogP contribution >= 0.6 is 0 Å². The molecule has 0 saturated heterocycles. The number of amides is 1. The molecule has 1 aromatic carbocycles. The molecule has 1 amide bonds. The van der Waals surface area contributed by atoms with Gasteiger partial charge in [-0.25, -0.2) is 0 Å². The summed E-state index contributed by atoms with van der Waals surface area (Å²) >= 11 is 0. The number of methoxy groups -OCH3 is 2. The van der Waals surface area contributed by atoms with Crippen LogP contribution in [-0.4, -0.2) is 42.6 Å². The van der Waals surface area contributed by atoms with Crippen LogP contribution in [-0.2, 0) is 22.4 Å². The van der Waals surface area contributed by atoms with Gasteiger partial charge in [0.25, 0.3) is 5.91 Å². The fourth-order valence-corrected chi connectivity index (χ4v) is 2.74. The number of hydrogen-bond donors (Lipinski definition) is 1. The van der Waals surface area contributed by atoms with Crippen molar-refractivity contribution in [2.24, 2.45) is 0 Å². The van der Waals surface area contributed by atoms with Crippen LogP contribution in [0.2, 0.25) is 0 Å². The summed E-state index contributed by atoms with van der Waals surface area (Å²) in [6.07, 6.45) is 0.738. The van der Waals surface area contributed by atoms with Crippen LogP contribution < -0.4 is 15.4 Å². The number of rotatable bonds is 4. The second kappa shape index (κ2) is 6.76. The molecular weight excluding hydrogens is 324 g/mol. The summed E-state index contributed by atoms with van der Waals surface area (Å²) in [5.41, 5.74) is 8.35. The van der Waals surface area contributed by atoms with Crippen molar-refractivity contribution in [3.8, 4) is 6.01 Å². The summed E-state index contributed by atoms with van der Waals surface area (Å²) in [7, 11) is 2.80. The highest BCUT2D eigenvalue weighted by atomic mass is 16.5.